The molecule has 0 atom stereocenters. The molecule has 0 saturated heterocycles. The van der Waals surface area contributed by atoms with E-state index in [0.717, 1.165) is 15.8 Å². The minimum atomic E-state index is -1.17. The number of carbonyl (C=O) groups excluding carboxylic acids is 1. The lowest BCUT2D eigenvalue weighted by Gasteiger charge is -2.21. The van der Waals surface area contributed by atoms with Gasteiger partial charge >= 0.3 is 11.7 Å². The second-order valence-corrected chi connectivity index (χ2v) is 8.92. The number of anilines is 1. The number of nitrogens with zero attached hydrogens (tertiary/aromatic N) is 5. The van der Waals surface area contributed by atoms with Crippen LogP contribution in [0.15, 0.2) is 65.5 Å². The van der Waals surface area contributed by atoms with Crippen molar-refractivity contribution in [3.63, 3.8) is 0 Å². The zero-order valence-electron chi connectivity index (χ0n) is 18.6. The third-order valence-corrected chi connectivity index (χ3v) is 6.33. The maximum atomic E-state index is 13.2. The fraction of sp³-hybridized carbons (Fsp3) is 0.125. The number of hydrogen-bond donors (Lipinski definition) is 1. The maximum Gasteiger partial charge on any atom is 0.368 e. The molecule has 1 aromatic heterocycles. The molecule has 0 spiro atoms. The van der Waals surface area contributed by atoms with Crippen LogP contribution >= 0.6 is 22.6 Å². The molecule has 0 aliphatic carbocycles. The highest BCUT2D eigenvalue weighted by Crippen LogP contribution is 2.25. The SMILES string of the molecule is Cc1cc(Cn2nnn(-c3ccc(F)cc3)c2=O)ccc1N(C)C(=O)c1cccc(I)c1C(=O)O. The Hall–Kier alpha value is -3.87. The summed E-state index contributed by atoms with van der Waals surface area (Å²) in [4.78, 5) is 38.9. The van der Waals surface area contributed by atoms with Gasteiger partial charge in [-0.05, 0) is 93.5 Å². The molecule has 1 N–H and O–H groups in total. The maximum absolute atomic E-state index is 13.2. The largest absolute Gasteiger partial charge is 0.478 e. The highest BCUT2D eigenvalue weighted by atomic mass is 127. The van der Waals surface area contributed by atoms with E-state index in [1.165, 1.54) is 39.9 Å². The number of hydrogen-bond acceptors (Lipinski definition) is 5. The quantitative estimate of drug-likeness (QED) is 0.346. The lowest BCUT2D eigenvalue weighted by molar-refractivity contribution is 0.0691. The van der Waals surface area contributed by atoms with Gasteiger partial charge < -0.3 is 10.0 Å². The number of tetrazole rings is 1. The van der Waals surface area contributed by atoms with E-state index in [2.05, 4.69) is 10.4 Å². The molecular weight excluding hydrogens is 568 g/mol. The van der Waals surface area contributed by atoms with E-state index in [0.29, 0.717) is 14.9 Å². The highest BCUT2D eigenvalue weighted by Gasteiger charge is 2.23. The van der Waals surface area contributed by atoms with Gasteiger partial charge in [0.25, 0.3) is 5.91 Å². The lowest BCUT2D eigenvalue weighted by atomic mass is 10.0. The van der Waals surface area contributed by atoms with Crippen molar-refractivity contribution in [1.29, 1.82) is 0 Å². The summed E-state index contributed by atoms with van der Waals surface area (Å²) in [6.45, 7) is 1.95. The van der Waals surface area contributed by atoms with Gasteiger partial charge in [0.2, 0.25) is 0 Å². The van der Waals surface area contributed by atoms with Crippen LogP contribution in [0, 0.1) is 16.3 Å². The van der Waals surface area contributed by atoms with Crippen molar-refractivity contribution < 1.29 is 19.1 Å². The van der Waals surface area contributed by atoms with Crippen molar-refractivity contribution in [2.24, 2.45) is 0 Å². The van der Waals surface area contributed by atoms with E-state index in [9.17, 15) is 23.9 Å². The number of benzene rings is 3. The van der Waals surface area contributed by atoms with Crippen LogP contribution in [0.5, 0.6) is 0 Å². The number of rotatable bonds is 6. The summed E-state index contributed by atoms with van der Waals surface area (Å²) in [6, 6.07) is 15.4. The summed E-state index contributed by atoms with van der Waals surface area (Å²) < 4.78 is 15.9. The number of aryl methyl sites for hydroxylation is 1. The molecule has 3 aromatic carbocycles. The van der Waals surface area contributed by atoms with Gasteiger partial charge in [-0.2, -0.15) is 9.36 Å². The molecule has 0 saturated carbocycles. The summed E-state index contributed by atoms with van der Waals surface area (Å²) in [5, 5.41) is 17.3. The second-order valence-electron chi connectivity index (χ2n) is 7.76. The zero-order valence-corrected chi connectivity index (χ0v) is 20.8. The summed E-state index contributed by atoms with van der Waals surface area (Å²) in [5.74, 6) is -2.04. The van der Waals surface area contributed by atoms with Crippen LogP contribution in [0.2, 0.25) is 0 Å². The van der Waals surface area contributed by atoms with Gasteiger partial charge in [-0.25, -0.2) is 14.0 Å². The molecule has 1 amide bonds. The molecule has 11 heteroatoms. The van der Waals surface area contributed by atoms with E-state index in [4.69, 9.17) is 0 Å². The van der Waals surface area contributed by atoms with E-state index >= 15 is 0 Å². The summed E-state index contributed by atoms with van der Waals surface area (Å²) in [5.41, 5.74) is 2.07. The first-order valence-corrected chi connectivity index (χ1v) is 11.4. The molecule has 9 nitrogen and oxygen atoms in total. The number of carboxylic acid groups (broad SMARTS) is 1. The molecule has 0 aliphatic rings. The van der Waals surface area contributed by atoms with Gasteiger partial charge in [-0.1, -0.05) is 18.2 Å². The average Bonchev–Trinajstić information content (AvgIpc) is 3.18. The van der Waals surface area contributed by atoms with Crippen LogP contribution < -0.4 is 10.6 Å². The molecule has 0 radical (unpaired) electrons. The first kappa shape index (κ1) is 24.3. The number of carbonyl (C=O) groups is 2. The van der Waals surface area contributed by atoms with Crippen molar-refractivity contribution in [3.8, 4) is 5.69 Å². The molecule has 178 valence electrons. The number of aromatic nitrogens is 4. The van der Waals surface area contributed by atoms with Gasteiger partial charge in [-0.15, -0.1) is 0 Å². The Labute approximate surface area is 212 Å². The minimum absolute atomic E-state index is 0.0390. The average molecular weight is 587 g/mol. The first-order valence-electron chi connectivity index (χ1n) is 10.4. The molecule has 0 fully saturated rings. The van der Waals surface area contributed by atoms with Crippen LogP contribution in [0.4, 0.5) is 10.1 Å². The van der Waals surface area contributed by atoms with Crippen LogP contribution in [0.3, 0.4) is 0 Å². The van der Waals surface area contributed by atoms with Crippen molar-refractivity contribution in [3.05, 3.63) is 103 Å². The molecule has 35 heavy (non-hydrogen) atoms. The standard InChI is InChI=1S/C24H19FIN5O4/c1-14-12-15(13-30-24(35)31(28-27-30)17-9-7-16(25)8-10-17)6-11-20(14)29(2)22(32)18-4-3-5-19(26)21(18)23(33)34/h3-12H,13H2,1-2H3,(H,33,34). The number of carboxylic acids is 1. The lowest BCUT2D eigenvalue weighted by Crippen LogP contribution is -2.29. The second kappa shape index (κ2) is 9.78. The van der Waals surface area contributed by atoms with Crippen LogP contribution in [0.25, 0.3) is 5.69 Å². The fourth-order valence-corrected chi connectivity index (χ4v) is 4.42. The third-order valence-electron chi connectivity index (χ3n) is 5.43. The van der Waals surface area contributed by atoms with Crippen molar-refractivity contribution in [2.45, 2.75) is 13.5 Å². The molecule has 4 aromatic rings. The first-order chi connectivity index (χ1) is 16.7. The van der Waals surface area contributed by atoms with Gasteiger partial charge in [0.15, 0.2) is 0 Å². The van der Waals surface area contributed by atoms with E-state index < -0.39 is 23.4 Å². The Morgan fingerprint density at radius 1 is 1.09 bits per heavy atom. The molecule has 0 aliphatic heterocycles. The van der Waals surface area contributed by atoms with Crippen molar-refractivity contribution in [1.82, 2.24) is 19.8 Å². The summed E-state index contributed by atoms with van der Waals surface area (Å²) in [6.07, 6.45) is 0. The number of halogens is 2. The molecule has 4 rings (SSSR count). The topological polar surface area (TPSA) is 110 Å². The third kappa shape index (κ3) is 4.85. The predicted molar refractivity (Wildman–Crippen MR) is 135 cm³/mol. The van der Waals surface area contributed by atoms with Crippen LogP contribution in [-0.4, -0.2) is 43.8 Å². The number of aromatic carboxylic acids is 1. The minimum Gasteiger partial charge on any atom is -0.478 e. The van der Waals surface area contributed by atoms with Crippen molar-refractivity contribution in [2.75, 3.05) is 11.9 Å². The van der Waals surface area contributed by atoms with Crippen molar-refractivity contribution >= 4 is 40.2 Å². The zero-order chi connectivity index (χ0) is 25.3. The molecular formula is C24H19FIN5O4. The van der Waals surface area contributed by atoms with E-state index in [1.807, 2.05) is 35.6 Å². The van der Waals surface area contributed by atoms with Crippen LogP contribution in [0.1, 0.15) is 31.8 Å². The summed E-state index contributed by atoms with van der Waals surface area (Å²) in [7, 11) is 1.58. The predicted octanol–water partition coefficient (Wildman–Crippen LogP) is 3.50. The van der Waals surface area contributed by atoms with Gasteiger partial charge in [0.1, 0.15) is 5.82 Å². The molecule has 0 bridgehead atoms. The Balaban J connectivity index is 1.58. The van der Waals surface area contributed by atoms with Gasteiger partial charge in [0, 0.05) is 16.3 Å². The van der Waals surface area contributed by atoms with Crippen LogP contribution in [-0.2, 0) is 6.54 Å². The normalized spacial score (nSPS) is 10.9. The summed E-state index contributed by atoms with van der Waals surface area (Å²) >= 11 is 1.89. The monoisotopic (exact) mass is 587 g/mol. The van der Waals surface area contributed by atoms with E-state index in [1.54, 1.807) is 31.3 Å². The van der Waals surface area contributed by atoms with Gasteiger partial charge in [0.05, 0.1) is 23.4 Å². The Bertz CT molecular complexity index is 1500. The Morgan fingerprint density at radius 2 is 1.80 bits per heavy atom. The number of amides is 1. The smallest absolute Gasteiger partial charge is 0.368 e. The van der Waals surface area contributed by atoms with E-state index in [-0.39, 0.29) is 17.7 Å². The Kier molecular flexibility index (Phi) is 6.78. The molecule has 0 unspecified atom stereocenters. The Morgan fingerprint density at radius 3 is 2.46 bits per heavy atom. The van der Waals surface area contributed by atoms with Gasteiger partial charge in [-0.3, -0.25) is 4.79 Å². The fourth-order valence-electron chi connectivity index (χ4n) is 3.69. The molecule has 1 heterocycles. The highest BCUT2D eigenvalue weighted by molar-refractivity contribution is 14.1.